The molecule has 0 heterocycles. The average Bonchev–Trinajstić information content (AvgIpc) is 2.39. The van der Waals surface area contributed by atoms with Crippen molar-refractivity contribution in [3.63, 3.8) is 0 Å². The molecule has 0 aromatic carbocycles. The monoisotopic (exact) mass is 296 g/mol. The van der Waals surface area contributed by atoms with Crippen molar-refractivity contribution in [2.24, 2.45) is 5.92 Å². The Morgan fingerprint density at radius 2 is 1.75 bits per heavy atom. The maximum absolute atomic E-state index is 12.8. The molecule has 0 aromatic heterocycles. The summed E-state index contributed by atoms with van der Waals surface area (Å²) in [4.78, 5) is 11.9. The lowest BCUT2D eigenvalue weighted by Crippen LogP contribution is -2.53. The summed E-state index contributed by atoms with van der Waals surface area (Å²) in [7, 11) is 0. The van der Waals surface area contributed by atoms with Gasteiger partial charge in [-0.1, -0.05) is 20.8 Å². The van der Waals surface area contributed by atoms with Gasteiger partial charge >= 0.3 is 12.1 Å². The molecule has 0 amide bonds. The van der Waals surface area contributed by atoms with Crippen LogP contribution >= 0.6 is 0 Å². The highest BCUT2D eigenvalue weighted by Gasteiger charge is 2.57. The van der Waals surface area contributed by atoms with E-state index in [0.29, 0.717) is 12.8 Å². The number of alkyl halides is 3. The Labute approximate surface area is 117 Å². The van der Waals surface area contributed by atoms with Gasteiger partial charge in [0.05, 0.1) is 5.92 Å². The normalized spacial score (nSPS) is 32.8. The number of hydrogen-bond donors (Lipinski definition) is 1. The molecule has 1 rings (SSSR count). The lowest BCUT2D eigenvalue weighted by Gasteiger charge is -2.43. The van der Waals surface area contributed by atoms with Crippen molar-refractivity contribution in [1.29, 1.82) is 0 Å². The second-order valence-electron chi connectivity index (χ2n) is 5.80. The number of carbonyl (C=O) groups is 1. The first kappa shape index (κ1) is 17.3. The highest BCUT2D eigenvalue weighted by atomic mass is 19.4. The molecule has 0 saturated heterocycles. The third-order valence-corrected chi connectivity index (χ3v) is 4.49. The Balaban J connectivity index is 2.74. The van der Waals surface area contributed by atoms with Crippen LogP contribution in [0.5, 0.6) is 0 Å². The summed E-state index contributed by atoms with van der Waals surface area (Å²) in [5, 5.41) is 9.66. The van der Waals surface area contributed by atoms with Gasteiger partial charge in [0, 0.05) is 0 Å². The first-order valence-corrected chi connectivity index (χ1v) is 7.11. The lowest BCUT2D eigenvalue weighted by atomic mass is 9.74. The number of esters is 1. The minimum Gasteiger partial charge on any atom is -0.459 e. The SMILES string of the molecule is CCC(C)C(=O)OC1(CC)CCC(O)(C(F)(F)F)CC1. The standard InChI is InChI=1S/C14H23F3O3/c1-4-10(3)11(18)20-12(5-2)6-8-13(19,9-7-12)14(15,16)17/h10,19H,4-9H2,1-3H3. The van der Waals surface area contributed by atoms with Crippen LogP contribution in [-0.2, 0) is 9.53 Å². The molecule has 1 aliphatic carbocycles. The van der Waals surface area contributed by atoms with E-state index in [1.807, 2.05) is 6.92 Å². The maximum Gasteiger partial charge on any atom is 0.417 e. The van der Waals surface area contributed by atoms with Crippen LogP contribution in [0.2, 0.25) is 0 Å². The molecular formula is C14H23F3O3. The van der Waals surface area contributed by atoms with Crippen molar-refractivity contribution in [2.75, 3.05) is 0 Å². The molecule has 6 heteroatoms. The van der Waals surface area contributed by atoms with Crippen molar-refractivity contribution in [1.82, 2.24) is 0 Å². The molecule has 1 unspecified atom stereocenters. The average molecular weight is 296 g/mol. The van der Waals surface area contributed by atoms with E-state index in [9.17, 15) is 23.1 Å². The first-order valence-electron chi connectivity index (χ1n) is 7.11. The van der Waals surface area contributed by atoms with Gasteiger partial charge in [0.15, 0.2) is 5.60 Å². The summed E-state index contributed by atoms with van der Waals surface area (Å²) in [6, 6.07) is 0. The van der Waals surface area contributed by atoms with Gasteiger partial charge in [-0.05, 0) is 38.5 Å². The quantitative estimate of drug-likeness (QED) is 0.806. The number of rotatable bonds is 4. The van der Waals surface area contributed by atoms with Gasteiger partial charge in [-0.15, -0.1) is 0 Å². The minimum absolute atomic E-state index is 0.0433. The Hall–Kier alpha value is -0.780. The molecule has 118 valence electrons. The van der Waals surface area contributed by atoms with Gasteiger partial charge in [-0.25, -0.2) is 0 Å². The first-order chi connectivity index (χ1) is 9.09. The molecule has 3 nitrogen and oxygen atoms in total. The molecule has 0 spiro atoms. The fourth-order valence-electron chi connectivity index (χ4n) is 2.41. The van der Waals surface area contributed by atoms with Crippen LogP contribution in [-0.4, -0.2) is 28.5 Å². The molecular weight excluding hydrogens is 273 g/mol. The Morgan fingerprint density at radius 1 is 1.25 bits per heavy atom. The van der Waals surface area contributed by atoms with E-state index < -0.39 is 30.2 Å². The number of hydrogen-bond acceptors (Lipinski definition) is 3. The molecule has 1 atom stereocenters. The van der Waals surface area contributed by atoms with Gasteiger partial charge in [-0.2, -0.15) is 13.2 Å². The maximum atomic E-state index is 12.8. The summed E-state index contributed by atoms with van der Waals surface area (Å²) in [6.07, 6.45) is -4.29. The highest BCUT2D eigenvalue weighted by Crippen LogP contribution is 2.46. The predicted molar refractivity (Wildman–Crippen MR) is 68.0 cm³/mol. The van der Waals surface area contributed by atoms with E-state index in [1.54, 1.807) is 13.8 Å². The number of ether oxygens (including phenoxy) is 1. The summed E-state index contributed by atoms with van der Waals surface area (Å²) in [5.41, 5.74) is -3.51. The third-order valence-electron chi connectivity index (χ3n) is 4.49. The van der Waals surface area contributed by atoms with E-state index in [0.717, 1.165) is 0 Å². The Bertz CT molecular complexity index is 344. The van der Waals surface area contributed by atoms with E-state index >= 15 is 0 Å². The Morgan fingerprint density at radius 3 is 2.10 bits per heavy atom. The molecule has 20 heavy (non-hydrogen) atoms. The minimum atomic E-state index is -4.63. The van der Waals surface area contributed by atoms with Gasteiger partial charge in [0.1, 0.15) is 5.60 Å². The second-order valence-corrected chi connectivity index (χ2v) is 5.80. The zero-order valence-corrected chi connectivity index (χ0v) is 12.2. The predicted octanol–water partition coefficient (Wildman–Crippen LogP) is 3.59. The zero-order chi connectivity index (χ0) is 15.6. The second kappa shape index (κ2) is 5.92. The number of carbonyl (C=O) groups excluding carboxylic acids is 1. The van der Waals surface area contributed by atoms with Gasteiger partial charge < -0.3 is 9.84 Å². The fraction of sp³-hybridized carbons (Fsp3) is 0.929. The summed E-state index contributed by atoms with van der Waals surface area (Å²) >= 11 is 0. The molecule has 1 N–H and O–H groups in total. The fourth-order valence-corrected chi connectivity index (χ4v) is 2.41. The highest BCUT2D eigenvalue weighted by molar-refractivity contribution is 5.72. The van der Waals surface area contributed by atoms with E-state index in [2.05, 4.69) is 0 Å². The number of aliphatic hydroxyl groups is 1. The van der Waals surface area contributed by atoms with E-state index in [1.165, 1.54) is 0 Å². The van der Waals surface area contributed by atoms with Gasteiger partial charge in [0.2, 0.25) is 0 Å². The molecule has 1 saturated carbocycles. The molecule has 0 aliphatic heterocycles. The third kappa shape index (κ3) is 3.45. The number of halogens is 3. The van der Waals surface area contributed by atoms with Crippen LogP contribution < -0.4 is 0 Å². The van der Waals surface area contributed by atoms with Crippen molar-refractivity contribution in [3.05, 3.63) is 0 Å². The van der Waals surface area contributed by atoms with Crippen LogP contribution in [0, 0.1) is 5.92 Å². The van der Waals surface area contributed by atoms with Crippen LogP contribution in [0.4, 0.5) is 13.2 Å². The van der Waals surface area contributed by atoms with Crippen LogP contribution in [0.3, 0.4) is 0 Å². The van der Waals surface area contributed by atoms with Crippen molar-refractivity contribution >= 4 is 5.97 Å². The van der Waals surface area contributed by atoms with Crippen LogP contribution in [0.1, 0.15) is 59.3 Å². The van der Waals surface area contributed by atoms with Crippen molar-refractivity contribution in [2.45, 2.75) is 76.7 Å². The molecule has 1 aliphatic rings. The lowest BCUT2D eigenvalue weighted by molar-refractivity contribution is -0.280. The smallest absolute Gasteiger partial charge is 0.417 e. The van der Waals surface area contributed by atoms with Crippen molar-refractivity contribution < 1.29 is 27.8 Å². The van der Waals surface area contributed by atoms with Gasteiger partial charge in [0.25, 0.3) is 0 Å². The van der Waals surface area contributed by atoms with Crippen LogP contribution in [0.15, 0.2) is 0 Å². The van der Waals surface area contributed by atoms with E-state index in [4.69, 9.17) is 4.74 Å². The molecule has 0 aromatic rings. The van der Waals surface area contributed by atoms with Crippen LogP contribution in [0.25, 0.3) is 0 Å². The van der Waals surface area contributed by atoms with Crippen molar-refractivity contribution in [3.8, 4) is 0 Å². The zero-order valence-electron chi connectivity index (χ0n) is 12.2. The molecule has 1 fully saturated rings. The topological polar surface area (TPSA) is 46.5 Å². The van der Waals surface area contributed by atoms with Gasteiger partial charge in [-0.3, -0.25) is 4.79 Å². The van der Waals surface area contributed by atoms with E-state index in [-0.39, 0.29) is 24.7 Å². The summed E-state index contributed by atoms with van der Waals surface area (Å²) < 4.78 is 43.8. The largest absolute Gasteiger partial charge is 0.459 e. The molecule has 0 bridgehead atoms. The Kier molecular flexibility index (Phi) is 5.11. The molecule has 0 radical (unpaired) electrons. The summed E-state index contributed by atoms with van der Waals surface area (Å²) in [6.45, 7) is 5.39. The summed E-state index contributed by atoms with van der Waals surface area (Å²) in [5.74, 6) is -0.631.